The van der Waals surface area contributed by atoms with Crippen molar-refractivity contribution in [3.05, 3.63) is 35.9 Å². The molecule has 1 aromatic rings. The number of rotatable bonds is 6. The molecule has 1 saturated carbocycles. The van der Waals surface area contributed by atoms with E-state index < -0.39 is 25.1 Å². The Morgan fingerprint density at radius 2 is 1.50 bits per heavy atom. The highest BCUT2D eigenvalue weighted by Gasteiger charge is 2.45. The van der Waals surface area contributed by atoms with E-state index in [0.29, 0.717) is 6.42 Å². The topological polar surface area (TPSA) is 71.5 Å². The van der Waals surface area contributed by atoms with Gasteiger partial charge in [0.15, 0.2) is 9.84 Å². The second-order valence-corrected chi connectivity index (χ2v) is 11.4. The first-order valence-corrected chi connectivity index (χ1v) is 11.9. The molecule has 0 bridgehead atoms. The molecule has 0 spiro atoms. The Morgan fingerprint density at radius 3 is 2.12 bits per heavy atom. The Kier molecular flexibility index (Phi) is 5.32. The first-order valence-electron chi connectivity index (χ1n) is 8.64. The lowest BCUT2D eigenvalue weighted by Gasteiger charge is -2.39. The molecule has 3 rings (SSSR count). The smallest absolute Gasteiger partial charge is 0.214 e. The molecule has 0 atom stereocenters. The van der Waals surface area contributed by atoms with Gasteiger partial charge in [0.1, 0.15) is 0 Å². The van der Waals surface area contributed by atoms with E-state index in [4.69, 9.17) is 0 Å². The predicted octanol–water partition coefficient (Wildman–Crippen LogP) is 1.99. The summed E-state index contributed by atoms with van der Waals surface area (Å²) < 4.78 is 51.3. The van der Waals surface area contributed by atoms with Gasteiger partial charge in [0.25, 0.3) is 0 Å². The Labute approximate surface area is 145 Å². The standard InChI is InChI=1S/C17H25NO4S2/c19-23(20,12-11-15-7-3-1-4-8-15)18-13-17(14-18)24(21,22)16-9-5-2-6-10-16/h1,3-4,7-8,16-17H,2,5-6,9-14H2. The van der Waals surface area contributed by atoms with Gasteiger partial charge in [-0.1, -0.05) is 49.6 Å². The SMILES string of the molecule is O=S(=O)(C1CCCCC1)C1CN(S(=O)(=O)CCc2ccccc2)C1. The maximum atomic E-state index is 12.6. The van der Waals surface area contributed by atoms with Crippen LogP contribution in [0.1, 0.15) is 37.7 Å². The van der Waals surface area contributed by atoms with Crippen molar-refractivity contribution < 1.29 is 16.8 Å². The van der Waals surface area contributed by atoms with Crippen LogP contribution in [0.25, 0.3) is 0 Å². The largest absolute Gasteiger partial charge is 0.228 e. The molecule has 1 saturated heterocycles. The summed E-state index contributed by atoms with van der Waals surface area (Å²) in [5, 5.41) is -0.766. The summed E-state index contributed by atoms with van der Waals surface area (Å²) in [6.07, 6.45) is 4.97. The number of benzene rings is 1. The van der Waals surface area contributed by atoms with Gasteiger partial charge in [-0.3, -0.25) is 0 Å². The minimum Gasteiger partial charge on any atom is -0.228 e. The predicted molar refractivity (Wildman–Crippen MR) is 95.1 cm³/mol. The lowest BCUT2D eigenvalue weighted by Crippen LogP contribution is -2.59. The quantitative estimate of drug-likeness (QED) is 0.767. The van der Waals surface area contributed by atoms with E-state index in [9.17, 15) is 16.8 Å². The minimum atomic E-state index is -3.38. The Bertz CT molecular complexity index is 747. The molecule has 0 N–H and O–H groups in total. The molecule has 0 amide bonds. The van der Waals surface area contributed by atoms with E-state index in [1.54, 1.807) is 0 Å². The summed E-state index contributed by atoms with van der Waals surface area (Å²) >= 11 is 0. The van der Waals surface area contributed by atoms with E-state index in [0.717, 1.165) is 37.7 Å². The molecule has 1 aromatic carbocycles. The second-order valence-electron chi connectivity index (χ2n) is 6.84. The van der Waals surface area contributed by atoms with Crippen LogP contribution in [-0.4, -0.2) is 50.5 Å². The Balaban J connectivity index is 1.55. The Hall–Kier alpha value is -0.920. The van der Waals surface area contributed by atoms with Gasteiger partial charge in [-0.2, -0.15) is 4.31 Å². The molecule has 134 valence electrons. The zero-order valence-corrected chi connectivity index (χ0v) is 15.4. The number of aryl methyl sites for hydroxylation is 1. The molecule has 7 heteroatoms. The zero-order chi connectivity index (χ0) is 17.2. The first-order chi connectivity index (χ1) is 11.4. The van der Waals surface area contributed by atoms with Crippen LogP contribution in [0, 0.1) is 0 Å². The van der Waals surface area contributed by atoms with E-state index in [2.05, 4.69) is 0 Å². The normalized spacial score (nSPS) is 21.5. The highest BCUT2D eigenvalue weighted by molar-refractivity contribution is 7.93. The molecule has 0 aromatic heterocycles. The zero-order valence-electron chi connectivity index (χ0n) is 13.8. The molecule has 2 fully saturated rings. The second kappa shape index (κ2) is 7.14. The lowest BCUT2D eigenvalue weighted by atomic mass is 10.0. The van der Waals surface area contributed by atoms with Gasteiger partial charge in [0.2, 0.25) is 10.0 Å². The van der Waals surface area contributed by atoms with Crippen molar-refractivity contribution in [3.8, 4) is 0 Å². The number of nitrogens with zero attached hydrogens (tertiary/aromatic N) is 1. The molecule has 24 heavy (non-hydrogen) atoms. The average Bonchev–Trinajstić information content (AvgIpc) is 2.53. The van der Waals surface area contributed by atoms with Crippen LogP contribution in [0.15, 0.2) is 30.3 Å². The highest BCUT2D eigenvalue weighted by atomic mass is 32.2. The summed E-state index contributed by atoms with van der Waals surface area (Å²) in [4.78, 5) is 0. The van der Waals surface area contributed by atoms with Gasteiger partial charge in [-0.05, 0) is 24.8 Å². The van der Waals surface area contributed by atoms with Crippen molar-refractivity contribution in [1.82, 2.24) is 4.31 Å². The van der Waals surface area contributed by atoms with Crippen LogP contribution in [-0.2, 0) is 26.3 Å². The van der Waals surface area contributed by atoms with Crippen LogP contribution in [0.4, 0.5) is 0 Å². The molecular formula is C17H25NO4S2. The van der Waals surface area contributed by atoms with E-state index in [-0.39, 0.29) is 24.1 Å². The van der Waals surface area contributed by atoms with Crippen molar-refractivity contribution in [3.63, 3.8) is 0 Å². The van der Waals surface area contributed by atoms with E-state index >= 15 is 0 Å². The Morgan fingerprint density at radius 1 is 0.875 bits per heavy atom. The third kappa shape index (κ3) is 3.83. The molecule has 1 aliphatic carbocycles. The fraction of sp³-hybridized carbons (Fsp3) is 0.647. The van der Waals surface area contributed by atoms with Crippen molar-refractivity contribution in [2.75, 3.05) is 18.8 Å². The summed E-state index contributed by atoms with van der Waals surface area (Å²) in [7, 11) is -6.57. The van der Waals surface area contributed by atoms with Crippen LogP contribution in [0.3, 0.4) is 0 Å². The van der Waals surface area contributed by atoms with Gasteiger partial charge in [-0.15, -0.1) is 0 Å². The van der Waals surface area contributed by atoms with Crippen LogP contribution in [0.5, 0.6) is 0 Å². The molecule has 2 aliphatic rings. The van der Waals surface area contributed by atoms with E-state index in [1.807, 2.05) is 30.3 Å². The van der Waals surface area contributed by atoms with Crippen molar-refractivity contribution in [2.45, 2.75) is 49.0 Å². The number of sulfonamides is 1. The third-order valence-corrected chi connectivity index (χ3v) is 9.61. The van der Waals surface area contributed by atoms with Crippen molar-refractivity contribution in [2.24, 2.45) is 0 Å². The molecular weight excluding hydrogens is 346 g/mol. The highest BCUT2D eigenvalue weighted by Crippen LogP contribution is 2.30. The fourth-order valence-corrected chi connectivity index (χ4v) is 7.59. The van der Waals surface area contributed by atoms with Gasteiger partial charge in [-0.25, -0.2) is 16.8 Å². The van der Waals surface area contributed by atoms with Crippen molar-refractivity contribution >= 4 is 19.9 Å². The van der Waals surface area contributed by atoms with Gasteiger partial charge in [0, 0.05) is 13.1 Å². The minimum absolute atomic E-state index is 0.0349. The lowest BCUT2D eigenvalue weighted by molar-refractivity contribution is 0.306. The summed E-state index contributed by atoms with van der Waals surface area (Å²) in [5.74, 6) is 0.0349. The van der Waals surface area contributed by atoms with Gasteiger partial charge < -0.3 is 0 Å². The summed E-state index contributed by atoms with van der Waals surface area (Å²) in [5.41, 5.74) is 0.980. The average molecular weight is 372 g/mol. The fourth-order valence-electron chi connectivity index (χ4n) is 3.52. The number of sulfone groups is 1. The molecule has 1 heterocycles. The third-order valence-electron chi connectivity index (χ3n) is 5.18. The first kappa shape index (κ1) is 17.9. The van der Waals surface area contributed by atoms with Crippen LogP contribution in [0.2, 0.25) is 0 Å². The maximum absolute atomic E-state index is 12.6. The number of hydrogen-bond donors (Lipinski definition) is 0. The molecule has 1 aliphatic heterocycles. The van der Waals surface area contributed by atoms with E-state index in [1.165, 1.54) is 4.31 Å². The monoisotopic (exact) mass is 371 g/mol. The molecule has 0 radical (unpaired) electrons. The maximum Gasteiger partial charge on any atom is 0.214 e. The van der Waals surface area contributed by atoms with Crippen LogP contribution >= 0.6 is 0 Å². The summed E-state index contributed by atoms with van der Waals surface area (Å²) in [6, 6.07) is 9.48. The van der Waals surface area contributed by atoms with Gasteiger partial charge in [0.05, 0.1) is 16.3 Å². The summed E-state index contributed by atoms with van der Waals surface area (Å²) in [6.45, 7) is 0.270. The van der Waals surface area contributed by atoms with Gasteiger partial charge >= 0.3 is 0 Å². The molecule has 0 unspecified atom stereocenters. The number of hydrogen-bond acceptors (Lipinski definition) is 4. The van der Waals surface area contributed by atoms with Crippen LogP contribution < -0.4 is 0 Å². The van der Waals surface area contributed by atoms with Crippen molar-refractivity contribution in [1.29, 1.82) is 0 Å². The molecule has 5 nitrogen and oxygen atoms in total.